The standard InChI is InChI=1S/C11H18N2O2/c1-4-15-8-9(2)13-10-5-6-11(14-3)12-7-10/h5-7,9,13H,4,8H2,1-3H3. The number of anilines is 1. The maximum Gasteiger partial charge on any atom is 0.213 e. The molecule has 0 aliphatic carbocycles. The van der Waals surface area contributed by atoms with E-state index < -0.39 is 0 Å². The van der Waals surface area contributed by atoms with Crippen molar-refractivity contribution in [1.82, 2.24) is 4.98 Å². The second kappa shape index (κ2) is 6.24. The van der Waals surface area contributed by atoms with Gasteiger partial charge in [0.25, 0.3) is 0 Å². The third-order valence-electron chi connectivity index (χ3n) is 1.93. The molecule has 0 aromatic carbocycles. The van der Waals surface area contributed by atoms with Gasteiger partial charge in [-0.15, -0.1) is 0 Å². The molecule has 1 unspecified atom stereocenters. The molecular formula is C11H18N2O2. The Morgan fingerprint density at radius 3 is 2.80 bits per heavy atom. The van der Waals surface area contributed by atoms with Crippen molar-refractivity contribution in [2.24, 2.45) is 0 Å². The molecule has 1 rings (SSSR count). The zero-order valence-electron chi connectivity index (χ0n) is 9.49. The van der Waals surface area contributed by atoms with Gasteiger partial charge in [0.05, 0.1) is 25.6 Å². The molecule has 1 aromatic rings. The van der Waals surface area contributed by atoms with Gasteiger partial charge >= 0.3 is 0 Å². The molecule has 0 saturated carbocycles. The Bertz CT molecular complexity index is 274. The monoisotopic (exact) mass is 210 g/mol. The van der Waals surface area contributed by atoms with E-state index in [0.29, 0.717) is 12.5 Å². The number of ether oxygens (including phenoxy) is 2. The molecule has 0 aliphatic rings. The van der Waals surface area contributed by atoms with Crippen molar-refractivity contribution in [1.29, 1.82) is 0 Å². The van der Waals surface area contributed by atoms with Gasteiger partial charge in [-0.05, 0) is 19.9 Å². The topological polar surface area (TPSA) is 43.4 Å². The SMILES string of the molecule is CCOCC(C)Nc1ccc(OC)nc1. The third kappa shape index (κ3) is 4.16. The molecule has 1 atom stereocenters. The molecule has 1 N–H and O–H groups in total. The molecule has 1 aromatic heterocycles. The highest BCUT2D eigenvalue weighted by Crippen LogP contribution is 2.11. The van der Waals surface area contributed by atoms with Crippen molar-refractivity contribution in [2.75, 3.05) is 25.6 Å². The normalized spacial score (nSPS) is 12.2. The van der Waals surface area contributed by atoms with Crippen LogP contribution in [0.1, 0.15) is 13.8 Å². The number of rotatable bonds is 6. The van der Waals surface area contributed by atoms with Gasteiger partial charge in [-0.3, -0.25) is 0 Å². The first-order valence-electron chi connectivity index (χ1n) is 5.10. The highest BCUT2D eigenvalue weighted by Gasteiger charge is 2.01. The summed E-state index contributed by atoms with van der Waals surface area (Å²) in [7, 11) is 1.60. The highest BCUT2D eigenvalue weighted by atomic mass is 16.5. The highest BCUT2D eigenvalue weighted by molar-refractivity contribution is 5.42. The van der Waals surface area contributed by atoms with Crippen LogP contribution in [0.4, 0.5) is 5.69 Å². The second-order valence-electron chi connectivity index (χ2n) is 3.29. The van der Waals surface area contributed by atoms with E-state index in [1.54, 1.807) is 13.3 Å². The number of pyridine rings is 1. The molecule has 0 bridgehead atoms. The van der Waals surface area contributed by atoms with Crippen molar-refractivity contribution >= 4 is 5.69 Å². The molecule has 0 fully saturated rings. The second-order valence-corrected chi connectivity index (χ2v) is 3.29. The van der Waals surface area contributed by atoms with Crippen molar-refractivity contribution in [2.45, 2.75) is 19.9 Å². The molecule has 0 amide bonds. The molecule has 0 aliphatic heterocycles. The molecule has 84 valence electrons. The molecule has 0 radical (unpaired) electrons. The Balaban J connectivity index is 2.42. The zero-order valence-corrected chi connectivity index (χ0v) is 9.49. The van der Waals surface area contributed by atoms with Gasteiger partial charge in [-0.2, -0.15) is 0 Å². The van der Waals surface area contributed by atoms with Crippen molar-refractivity contribution in [3.8, 4) is 5.88 Å². The first kappa shape index (κ1) is 11.8. The van der Waals surface area contributed by atoms with Crippen LogP contribution >= 0.6 is 0 Å². The lowest BCUT2D eigenvalue weighted by atomic mass is 10.3. The van der Waals surface area contributed by atoms with Gasteiger partial charge in [0.15, 0.2) is 0 Å². The number of nitrogens with zero attached hydrogens (tertiary/aromatic N) is 1. The lowest BCUT2D eigenvalue weighted by Crippen LogP contribution is -2.21. The van der Waals surface area contributed by atoms with Crippen LogP contribution < -0.4 is 10.1 Å². The quantitative estimate of drug-likeness (QED) is 0.779. The molecule has 0 saturated heterocycles. The smallest absolute Gasteiger partial charge is 0.213 e. The van der Waals surface area contributed by atoms with E-state index >= 15 is 0 Å². The van der Waals surface area contributed by atoms with Crippen molar-refractivity contribution in [3.05, 3.63) is 18.3 Å². The summed E-state index contributed by atoms with van der Waals surface area (Å²) < 4.78 is 10.3. The van der Waals surface area contributed by atoms with E-state index in [9.17, 15) is 0 Å². The number of methoxy groups -OCH3 is 1. The van der Waals surface area contributed by atoms with E-state index in [-0.39, 0.29) is 6.04 Å². The van der Waals surface area contributed by atoms with Gasteiger partial charge in [0.2, 0.25) is 5.88 Å². The van der Waals surface area contributed by atoms with Crippen molar-refractivity contribution in [3.63, 3.8) is 0 Å². The summed E-state index contributed by atoms with van der Waals surface area (Å²) in [5, 5.41) is 3.28. The van der Waals surface area contributed by atoms with Crippen LogP contribution in [0.2, 0.25) is 0 Å². The fourth-order valence-electron chi connectivity index (χ4n) is 1.21. The van der Waals surface area contributed by atoms with Gasteiger partial charge in [0.1, 0.15) is 0 Å². The molecule has 15 heavy (non-hydrogen) atoms. The average Bonchev–Trinajstić information content (AvgIpc) is 2.27. The summed E-state index contributed by atoms with van der Waals surface area (Å²) in [5.41, 5.74) is 0.975. The summed E-state index contributed by atoms with van der Waals surface area (Å²) in [5.74, 6) is 0.623. The van der Waals surface area contributed by atoms with E-state index in [1.807, 2.05) is 19.1 Å². The van der Waals surface area contributed by atoms with Crippen LogP contribution in [0, 0.1) is 0 Å². The first-order valence-corrected chi connectivity index (χ1v) is 5.10. The molecular weight excluding hydrogens is 192 g/mol. The Morgan fingerprint density at radius 1 is 1.47 bits per heavy atom. The molecule has 4 nitrogen and oxygen atoms in total. The van der Waals surface area contributed by atoms with Crippen molar-refractivity contribution < 1.29 is 9.47 Å². The Morgan fingerprint density at radius 2 is 2.27 bits per heavy atom. The van der Waals surface area contributed by atoms with E-state index in [0.717, 1.165) is 12.3 Å². The molecule has 4 heteroatoms. The lowest BCUT2D eigenvalue weighted by molar-refractivity contribution is 0.141. The number of nitrogens with one attached hydrogen (secondary N) is 1. The van der Waals surface area contributed by atoms with Crippen LogP contribution in [0.5, 0.6) is 5.88 Å². The van der Waals surface area contributed by atoms with Gasteiger partial charge in [-0.25, -0.2) is 4.98 Å². The number of hydrogen-bond donors (Lipinski definition) is 1. The minimum Gasteiger partial charge on any atom is -0.481 e. The van der Waals surface area contributed by atoms with Crippen LogP contribution in [0.15, 0.2) is 18.3 Å². The predicted molar refractivity (Wildman–Crippen MR) is 60.4 cm³/mol. The fourth-order valence-corrected chi connectivity index (χ4v) is 1.21. The maximum absolute atomic E-state index is 5.30. The maximum atomic E-state index is 5.30. The third-order valence-corrected chi connectivity index (χ3v) is 1.93. The minimum atomic E-state index is 0.278. The molecule has 1 heterocycles. The largest absolute Gasteiger partial charge is 0.481 e. The fraction of sp³-hybridized carbons (Fsp3) is 0.545. The van der Waals surface area contributed by atoms with Gasteiger partial charge in [-0.1, -0.05) is 0 Å². The van der Waals surface area contributed by atoms with E-state index in [2.05, 4.69) is 17.2 Å². The summed E-state index contributed by atoms with van der Waals surface area (Å²) in [4.78, 5) is 4.10. The van der Waals surface area contributed by atoms with Crippen LogP contribution in [0.25, 0.3) is 0 Å². The van der Waals surface area contributed by atoms with Crippen LogP contribution in [0.3, 0.4) is 0 Å². The van der Waals surface area contributed by atoms with E-state index in [1.165, 1.54) is 0 Å². The molecule has 0 spiro atoms. The van der Waals surface area contributed by atoms with Crippen LogP contribution in [-0.4, -0.2) is 31.3 Å². The van der Waals surface area contributed by atoms with Gasteiger partial charge < -0.3 is 14.8 Å². The Hall–Kier alpha value is -1.29. The summed E-state index contributed by atoms with van der Waals surface area (Å²) in [6.07, 6.45) is 1.75. The number of aromatic nitrogens is 1. The first-order chi connectivity index (χ1) is 7.26. The Kier molecular flexibility index (Phi) is 4.90. The predicted octanol–water partition coefficient (Wildman–Crippen LogP) is 1.93. The Labute approximate surface area is 90.6 Å². The van der Waals surface area contributed by atoms with Gasteiger partial charge in [0, 0.05) is 18.7 Å². The minimum absolute atomic E-state index is 0.278. The summed E-state index contributed by atoms with van der Waals surface area (Å²) >= 11 is 0. The lowest BCUT2D eigenvalue weighted by Gasteiger charge is -2.14. The summed E-state index contributed by atoms with van der Waals surface area (Å²) in [6.45, 7) is 5.50. The van der Waals surface area contributed by atoms with Crippen LogP contribution in [-0.2, 0) is 4.74 Å². The summed E-state index contributed by atoms with van der Waals surface area (Å²) in [6, 6.07) is 4.05. The average molecular weight is 210 g/mol. The zero-order chi connectivity index (χ0) is 11.1. The number of hydrogen-bond acceptors (Lipinski definition) is 4. The van der Waals surface area contributed by atoms with E-state index in [4.69, 9.17) is 9.47 Å².